The third-order valence-electron chi connectivity index (χ3n) is 5.26. The van der Waals surface area contributed by atoms with Crippen molar-refractivity contribution in [3.8, 4) is 11.5 Å². The molecule has 134 valence electrons. The summed E-state index contributed by atoms with van der Waals surface area (Å²) < 4.78 is 12.8. The van der Waals surface area contributed by atoms with E-state index in [2.05, 4.69) is 30.0 Å². The molecule has 2 aliphatic rings. The van der Waals surface area contributed by atoms with Gasteiger partial charge in [-0.2, -0.15) is 5.10 Å². The Labute approximate surface area is 148 Å². The monoisotopic (exact) mass is 343 g/mol. The third kappa shape index (κ3) is 3.24. The van der Waals surface area contributed by atoms with Crippen molar-refractivity contribution in [1.29, 1.82) is 0 Å². The second-order valence-electron chi connectivity index (χ2n) is 6.91. The van der Waals surface area contributed by atoms with Gasteiger partial charge in [-0.05, 0) is 44.5 Å². The Balaban J connectivity index is 1.42. The molecule has 4 rings (SSSR count). The van der Waals surface area contributed by atoms with Crippen LogP contribution in [0.1, 0.15) is 36.1 Å². The first kappa shape index (κ1) is 16.4. The van der Waals surface area contributed by atoms with Crippen LogP contribution in [0.3, 0.4) is 0 Å². The number of aromatic nitrogens is 2. The molecule has 0 amide bonds. The van der Waals surface area contributed by atoms with Gasteiger partial charge in [0.2, 0.25) is 6.79 Å². The molecule has 6 heteroatoms. The minimum Gasteiger partial charge on any atom is -0.454 e. The number of aliphatic hydroxyl groups excluding tert-OH is 1. The van der Waals surface area contributed by atoms with Gasteiger partial charge in [0.1, 0.15) is 0 Å². The van der Waals surface area contributed by atoms with Crippen LogP contribution in [-0.2, 0) is 13.1 Å². The Morgan fingerprint density at radius 2 is 2.12 bits per heavy atom. The Hall–Kier alpha value is -2.05. The van der Waals surface area contributed by atoms with Gasteiger partial charge in [0.25, 0.3) is 0 Å². The zero-order valence-corrected chi connectivity index (χ0v) is 14.8. The summed E-state index contributed by atoms with van der Waals surface area (Å²) in [7, 11) is 0. The minimum atomic E-state index is -0.379. The van der Waals surface area contributed by atoms with Crippen LogP contribution < -0.4 is 9.47 Å². The van der Waals surface area contributed by atoms with Crippen LogP contribution in [0.5, 0.6) is 11.5 Å². The van der Waals surface area contributed by atoms with E-state index in [-0.39, 0.29) is 18.8 Å². The average Bonchev–Trinajstić information content (AvgIpc) is 3.21. The molecule has 1 aromatic heterocycles. The summed E-state index contributed by atoms with van der Waals surface area (Å²) in [5, 5.41) is 15.2. The van der Waals surface area contributed by atoms with E-state index in [0.717, 1.165) is 48.8 Å². The van der Waals surface area contributed by atoms with Gasteiger partial charge >= 0.3 is 0 Å². The Kier molecular flexibility index (Phi) is 4.39. The molecule has 0 aliphatic carbocycles. The molecule has 6 nitrogen and oxygen atoms in total. The van der Waals surface area contributed by atoms with Crippen molar-refractivity contribution in [2.24, 2.45) is 0 Å². The van der Waals surface area contributed by atoms with Gasteiger partial charge < -0.3 is 14.6 Å². The lowest BCUT2D eigenvalue weighted by molar-refractivity contribution is 0.0475. The van der Waals surface area contributed by atoms with Gasteiger partial charge in [0, 0.05) is 37.3 Å². The van der Waals surface area contributed by atoms with E-state index in [4.69, 9.17) is 9.47 Å². The number of hydrogen-bond donors (Lipinski definition) is 1. The van der Waals surface area contributed by atoms with Crippen molar-refractivity contribution >= 4 is 0 Å². The van der Waals surface area contributed by atoms with Gasteiger partial charge in [0.15, 0.2) is 11.5 Å². The molecule has 0 bridgehead atoms. The summed E-state index contributed by atoms with van der Waals surface area (Å²) in [6.07, 6.45) is 2.67. The van der Waals surface area contributed by atoms with Crippen LogP contribution in [0.4, 0.5) is 0 Å². The number of fused-ring (bicyclic) bond motifs is 1. The first-order chi connectivity index (χ1) is 12.1. The maximum absolute atomic E-state index is 10.7. The van der Waals surface area contributed by atoms with Crippen molar-refractivity contribution in [3.63, 3.8) is 0 Å². The number of aliphatic hydroxyl groups is 1. The zero-order valence-electron chi connectivity index (χ0n) is 14.8. The van der Waals surface area contributed by atoms with E-state index in [1.807, 2.05) is 22.9 Å². The molecule has 0 radical (unpaired) electrons. The number of likely N-dealkylation sites (tertiary alicyclic amines) is 1. The van der Waals surface area contributed by atoms with E-state index in [1.165, 1.54) is 5.56 Å². The van der Waals surface area contributed by atoms with Crippen LogP contribution in [-0.4, -0.2) is 45.8 Å². The average molecular weight is 343 g/mol. The lowest BCUT2D eigenvalue weighted by Crippen LogP contribution is -2.42. The summed E-state index contributed by atoms with van der Waals surface area (Å²) in [6.45, 7) is 7.80. The molecule has 2 aromatic rings. The molecule has 0 spiro atoms. The standard InChI is InChI=1S/C19H25N3O3/c1-3-22-10-15(13(2)20-22)9-21-7-6-16(17(23)11-21)14-4-5-18-19(8-14)25-12-24-18/h4-5,8,10,16-17,23H,3,6-7,9,11-12H2,1-2H3/t16-,17+/m0/s1. The first-order valence-electron chi connectivity index (χ1n) is 8.97. The summed E-state index contributed by atoms with van der Waals surface area (Å²) in [6, 6.07) is 6.01. The van der Waals surface area contributed by atoms with Gasteiger partial charge in [-0.3, -0.25) is 9.58 Å². The fraction of sp³-hybridized carbons (Fsp3) is 0.526. The molecule has 1 N–H and O–H groups in total. The number of nitrogens with zero attached hydrogens (tertiary/aromatic N) is 3. The predicted octanol–water partition coefficient (Wildman–Crippen LogP) is 2.29. The molecular weight excluding hydrogens is 318 g/mol. The van der Waals surface area contributed by atoms with Crippen molar-refractivity contribution in [1.82, 2.24) is 14.7 Å². The summed E-state index contributed by atoms with van der Waals surface area (Å²) in [5.41, 5.74) is 3.45. The van der Waals surface area contributed by atoms with E-state index in [0.29, 0.717) is 6.54 Å². The van der Waals surface area contributed by atoms with Crippen LogP contribution in [0, 0.1) is 6.92 Å². The SMILES string of the molecule is CCn1cc(CN2CC[C@@H](c3ccc4c(c3)OCO4)[C@H](O)C2)c(C)n1. The van der Waals surface area contributed by atoms with E-state index in [9.17, 15) is 5.11 Å². The van der Waals surface area contributed by atoms with Crippen LogP contribution in [0.25, 0.3) is 0 Å². The highest BCUT2D eigenvalue weighted by Crippen LogP contribution is 2.37. The summed E-state index contributed by atoms with van der Waals surface area (Å²) in [5.74, 6) is 1.72. The van der Waals surface area contributed by atoms with Gasteiger partial charge in [-0.1, -0.05) is 6.07 Å². The number of benzene rings is 1. The molecule has 1 aromatic carbocycles. The highest BCUT2D eigenvalue weighted by atomic mass is 16.7. The number of aryl methyl sites for hydroxylation is 2. The number of ether oxygens (including phenoxy) is 2. The number of β-amino-alcohol motifs (C(OH)–C–C–N with tert-alkyl or cyclic N) is 1. The highest BCUT2D eigenvalue weighted by molar-refractivity contribution is 5.45. The van der Waals surface area contributed by atoms with Crippen molar-refractivity contribution < 1.29 is 14.6 Å². The normalized spacial score (nSPS) is 23.2. The molecule has 25 heavy (non-hydrogen) atoms. The zero-order chi connectivity index (χ0) is 17.4. The number of rotatable bonds is 4. The lowest BCUT2D eigenvalue weighted by Gasteiger charge is -2.36. The van der Waals surface area contributed by atoms with Crippen molar-refractivity contribution in [2.45, 2.75) is 45.4 Å². The second kappa shape index (κ2) is 6.69. The molecule has 0 unspecified atom stereocenters. The molecular formula is C19H25N3O3. The quantitative estimate of drug-likeness (QED) is 0.923. The number of piperidine rings is 1. The first-order valence-corrected chi connectivity index (χ1v) is 8.97. The minimum absolute atomic E-state index is 0.144. The fourth-order valence-electron chi connectivity index (χ4n) is 3.79. The Bertz CT molecular complexity index is 758. The highest BCUT2D eigenvalue weighted by Gasteiger charge is 2.30. The molecule has 3 heterocycles. The lowest BCUT2D eigenvalue weighted by atomic mass is 9.86. The molecule has 1 fully saturated rings. The predicted molar refractivity (Wildman–Crippen MR) is 93.8 cm³/mol. The largest absolute Gasteiger partial charge is 0.454 e. The summed E-state index contributed by atoms with van der Waals surface area (Å²) in [4.78, 5) is 2.32. The second-order valence-corrected chi connectivity index (χ2v) is 6.91. The van der Waals surface area contributed by atoms with Gasteiger partial charge in [-0.25, -0.2) is 0 Å². The third-order valence-corrected chi connectivity index (χ3v) is 5.26. The van der Waals surface area contributed by atoms with E-state index in [1.54, 1.807) is 0 Å². The Morgan fingerprint density at radius 3 is 2.88 bits per heavy atom. The smallest absolute Gasteiger partial charge is 0.231 e. The number of hydrogen-bond acceptors (Lipinski definition) is 5. The molecule has 2 atom stereocenters. The molecule has 0 saturated carbocycles. The maximum atomic E-state index is 10.7. The maximum Gasteiger partial charge on any atom is 0.231 e. The van der Waals surface area contributed by atoms with Crippen LogP contribution in [0.2, 0.25) is 0 Å². The molecule has 1 saturated heterocycles. The van der Waals surface area contributed by atoms with E-state index < -0.39 is 0 Å². The van der Waals surface area contributed by atoms with Gasteiger partial charge in [-0.15, -0.1) is 0 Å². The van der Waals surface area contributed by atoms with Crippen LogP contribution >= 0.6 is 0 Å². The van der Waals surface area contributed by atoms with Crippen LogP contribution in [0.15, 0.2) is 24.4 Å². The van der Waals surface area contributed by atoms with E-state index >= 15 is 0 Å². The van der Waals surface area contributed by atoms with Crippen molar-refractivity contribution in [3.05, 3.63) is 41.2 Å². The summed E-state index contributed by atoms with van der Waals surface area (Å²) >= 11 is 0. The fourth-order valence-corrected chi connectivity index (χ4v) is 3.79. The van der Waals surface area contributed by atoms with Crippen molar-refractivity contribution in [2.75, 3.05) is 19.9 Å². The Morgan fingerprint density at radius 1 is 1.28 bits per heavy atom. The van der Waals surface area contributed by atoms with Gasteiger partial charge in [0.05, 0.1) is 11.8 Å². The molecule has 2 aliphatic heterocycles. The topological polar surface area (TPSA) is 59.8 Å².